The minimum absolute atomic E-state index is 0.0508. The highest BCUT2D eigenvalue weighted by Crippen LogP contribution is 2.29. The molecule has 0 aliphatic carbocycles. The molecule has 6 nitrogen and oxygen atoms in total. The molecule has 2 N–H and O–H groups in total. The van der Waals surface area contributed by atoms with E-state index in [1.165, 1.54) is 34.6 Å². The molecule has 0 atom stereocenters. The lowest BCUT2D eigenvalue weighted by molar-refractivity contribution is 0.119. The van der Waals surface area contributed by atoms with E-state index in [9.17, 15) is 9.90 Å². The second kappa shape index (κ2) is 13.2. The number of rotatable bonds is 17. The molecule has 0 saturated carbocycles. The third-order valence-corrected chi connectivity index (χ3v) is 6.00. The van der Waals surface area contributed by atoms with Crippen molar-refractivity contribution in [1.29, 1.82) is 0 Å². The molecule has 1 aromatic rings. The number of aliphatic hydroxyl groups excluding tert-OH is 1. The van der Waals surface area contributed by atoms with Crippen molar-refractivity contribution in [3.8, 4) is 5.88 Å². The first-order valence-electron chi connectivity index (χ1n) is 11.8. The molecule has 0 amide bonds. The molecule has 6 heteroatoms. The minimum Gasteiger partial charge on any atom is -0.493 e. The average Bonchev–Trinajstić information content (AvgIpc) is 2.93. The molecule has 1 heterocycles. The zero-order chi connectivity index (χ0) is 22.6. The zero-order valence-electron chi connectivity index (χ0n) is 20.1. The number of hydrogen-bond donors (Lipinski definition) is 2. The van der Waals surface area contributed by atoms with Gasteiger partial charge in [0.25, 0.3) is 0 Å². The highest BCUT2D eigenvalue weighted by Gasteiger charge is 2.22. The van der Waals surface area contributed by atoms with Crippen molar-refractivity contribution in [1.82, 2.24) is 9.13 Å². The second-order valence-corrected chi connectivity index (χ2v) is 10.2. The number of ether oxygens (including phenoxy) is 1. The van der Waals surface area contributed by atoms with Crippen LogP contribution < -0.4 is 5.69 Å². The van der Waals surface area contributed by atoms with E-state index in [1.54, 1.807) is 0 Å². The van der Waals surface area contributed by atoms with Crippen LogP contribution in [0.25, 0.3) is 0 Å². The minimum atomic E-state index is -0.136. The lowest BCUT2D eigenvalue weighted by Gasteiger charge is -2.25. The Labute approximate surface area is 183 Å². The highest BCUT2D eigenvalue weighted by molar-refractivity contribution is 5.05. The number of aliphatic hydroxyl groups is 1. The summed E-state index contributed by atoms with van der Waals surface area (Å²) in [7, 11) is 0. The summed E-state index contributed by atoms with van der Waals surface area (Å²) < 4.78 is 8.82. The summed E-state index contributed by atoms with van der Waals surface area (Å²) in [5.41, 5.74) is 0.168. The number of imidazole rings is 1. The Hall–Kier alpha value is -1.27. The van der Waals surface area contributed by atoms with Gasteiger partial charge < -0.3 is 14.9 Å². The monoisotopic (exact) mass is 426 g/mol. The summed E-state index contributed by atoms with van der Waals surface area (Å²) in [6.45, 7) is 13.8. The maximum absolute atomic E-state index is 12.3. The molecular formula is C24H46N2O4. The zero-order valence-corrected chi connectivity index (χ0v) is 20.1. The van der Waals surface area contributed by atoms with Gasteiger partial charge in [-0.3, -0.25) is 9.13 Å². The molecule has 1 rings (SSSR count). The number of aryl methyl sites for hydroxylation is 1. The first-order valence-corrected chi connectivity index (χ1v) is 11.8. The normalized spacial score (nSPS) is 12.6. The number of hydrogen-bond acceptors (Lipinski definition) is 4. The highest BCUT2D eigenvalue weighted by atomic mass is 16.5. The molecule has 0 spiro atoms. The molecule has 30 heavy (non-hydrogen) atoms. The van der Waals surface area contributed by atoms with E-state index in [2.05, 4.69) is 27.7 Å². The molecule has 0 bridgehead atoms. The summed E-state index contributed by atoms with van der Waals surface area (Å²) >= 11 is 0. The van der Waals surface area contributed by atoms with Gasteiger partial charge in [-0.25, -0.2) is 4.79 Å². The molecule has 0 fully saturated rings. The van der Waals surface area contributed by atoms with Crippen molar-refractivity contribution in [2.45, 2.75) is 105 Å². The van der Waals surface area contributed by atoms with E-state index in [0.717, 1.165) is 51.7 Å². The Kier molecular flexibility index (Phi) is 11.8. The maximum atomic E-state index is 12.3. The van der Waals surface area contributed by atoms with Crippen LogP contribution in [0.2, 0.25) is 0 Å². The fourth-order valence-corrected chi connectivity index (χ4v) is 3.96. The topological polar surface area (TPSA) is 76.6 Å². The Morgan fingerprint density at radius 2 is 1.43 bits per heavy atom. The largest absolute Gasteiger partial charge is 0.493 e. The van der Waals surface area contributed by atoms with E-state index < -0.39 is 0 Å². The molecule has 0 aromatic carbocycles. The van der Waals surface area contributed by atoms with Gasteiger partial charge in [-0.2, -0.15) is 0 Å². The van der Waals surface area contributed by atoms with Gasteiger partial charge in [0.2, 0.25) is 5.88 Å². The standard InChI is InChI=1S/C24H46N2O4/c1-6-25-19-21(28)26(22(25)29)20-24(4,5)15-9-12-18-30-17-11-8-14-23(2,3)13-7-10-16-27/h19,27-28H,6-18,20H2,1-5H3. The van der Waals surface area contributed by atoms with Crippen LogP contribution >= 0.6 is 0 Å². The molecule has 176 valence electrons. The van der Waals surface area contributed by atoms with Crippen LogP contribution in [0.4, 0.5) is 0 Å². The van der Waals surface area contributed by atoms with Gasteiger partial charge in [-0.05, 0) is 56.3 Å². The van der Waals surface area contributed by atoms with Crippen LogP contribution in [0, 0.1) is 10.8 Å². The van der Waals surface area contributed by atoms with Gasteiger partial charge in [-0.15, -0.1) is 0 Å². The van der Waals surface area contributed by atoms with Crippen LogP contribution in [-0.2, 0) is 17.8 Å². The fraction of sp³-hybridized carbons (Fsp3) is 0.875. The Bertz CT molecular complexity index is 646. The van der Waals surface area contributed by atoms with Gasteiger partial charge >= 0.3 is 5.69 Å². The first kappa shape index (κ1) is 26.8. The van der Waals surface area contributed by atoms with E-state index in [-0.39, 0.29) is 17.0 Å². The molecule has 1 aromatic heterocycles. The quantitative estimate of drug-likeness (QED) is 0.346. The predicted molar refractivity (Wildman–Crippen MR) is 123 cm³/mol. The number of unbranched alkanes of at least 4 members (excludes halogenated alkanes) is 3. The van der Waals surface area contributed by atoms with Crippen molar-refractivity contribution < 1.29 is 14.9 Å². The molecule has 0 aliphatic heterocycles. The number of aromatic nitrogens is 2. The molecular weight excluding hydrogens is 380 g/mol. The Morgan fingerprint density at radius 1 is 0.900 bits per heavy atom. The van der Waals surface area contributed by atoms with Gasteiger partial charge in [-0.1, -0.05) is 47.0 Å². The second-order valence-electron chi connectivity index (χ2n) is 10.2. The SMILES string of the molecule is CCn1cc(O)n(CC(C)(C)CCCCOCCCCC(C)(C)CCCCO)c1=O. The van der Waals surface area contributed by atoms with Crippen molar-refractivity contribution in [3.05, 3.63) is 16.7 Å². The number of nitrogens with zero attached hydrogens (tertiary/aromatic N) is 2. The molecule has 0 radical (unpaired) electrons. The van der Waals surface area contributed by atoms with E-state index in [1.807, 2.05) is 6.92 Å². The lowest BCUT2D eigenvalue weighted by Crippen LogP contribution is -2.29. The van der Waals surface area contributed by atoms with Gasteiger partial charge in [0.15, 0.2) is 0 Å². The number of aromatic hydroxyl groups is 1. The fourth-order valence-electron chi connectivity index (χ4n) is 3.96. The summed E-state index contributed by atoms with van der Waals surface area (Å²) in [4.78, 5) is 12.3. The Balaban J connectivity index is 2.15. The lowest BCUT2D eigenvalue weighted by atomic mass is 9.82. The smallest absolute Gasteiger partial charge is 0.331 e. The third-order valence-electron chi connectivity index (χ3n) is 6.00. The van der Waals surface area contributed by atoms with Crippen LogP contribution in [-0.4, -0.2) is 39.2 Å². The van der Waals surface area contributed by atoms with Crippen LogP contribution in [0.1, 0.15) is 92.4 Å². The Morgan fingerprint density at radius 3 is 1.93 bits per heavy atom. The molecule has 0 aliphatic rings. The first-order chi connectivity index (χ1) is 14.1. The third kappa shape index (κ3) is 10.2. The van der Waals surface area contributed by atoms with Gasteiger partial charge in [0.05, 0.1) is 6.20 Å². The van der Waals surface area contributed by atoms with Crippen molar-refractivity contribution >= 4 is 0 Å². The van der Waals surface area contributed by atoms with E-state index >= 15 is 0 Å². The van der Waals surface area contributed by atoms with Crippen molar-refractivity contribution in [3.63, 3.8) is 0 Å². The van der Waals surface area contributed by atoms with Crippen LogP contribution in [0.15, 0.2) is 11.0 Å². The summed E-state index contributed by atoms with van der Waals surface area (Å²) in [5, 5.41) is 18.9. The predicted octanol–water partition coefficient (Wildman–Crippen LogP) is 4.95. The van der Waals surface area contributed by atoms with Crippen molar-refractivity contribution in [2.24, 2.45) is 10.8 Å². The van der Waals surface area contributed by atoms with Gasteiger partial charge in [0.1, 0.15) is 0 Å². The van der Waals surface area contributed by atoms with E-state index in [4.69, 9.17) is 9.84 Å². The maximum Gasteiger partial charge on any atom is 0.331 e. The summed E-state index contributed by atoms with van der Waals surface area (Å²) in [6, 6.07) is 0. The molecule has 0 unspecified atom stereocenters. The molecule has 0 saturated heterocycles. The summed E-state index contributed by atoms with van der Waals surface area (Å²) in [5.74, 6) is 0.0508. The average molecular weight is 427 g/mol. The van der Waals surface area contributed by atoms with E-state index in [0.29, 0.717) is 25.1 Å². The summed E-state index contributed by atoms with van der Waals surface area (Å²) in [6.07, 6.45) is 11.3. The van der Waals surface area contributed by atoms with Gasteiger partial charge in [0, 0.05) is 32.9 Å². The van der Waals surface area contributed by atoms with Crippen molar-refractivity contribution in [2.75, 3.05) is 19.8 Å². The van der Waals surface area contributed by atoms with Crippen LogP contribution in [0.5, 0.6) is 5.88 Å². The van der Waals surface area contributed by atoms with Crippen LogP contribution in [0.3, 0.4) is 0 Å².